The molecule has 3 heterocycles. The molecule has 0 bridgehead atoms. The Hall–Kier alpha value is -3.18. The second kappa shape index (κ2) is 8.64. The number of nitrogens with one attached hydrogen (secondary N) is 1. The summed E-state index contributed by atoms with van der Waals surface area (Å²) < 4.78 is 36.3. The van der Waals surface area contributed by atoms with Gasteiger partial charge in [-0.1, -0.05) is 6.92 Å². The number of rotatable bonds is 5. The molecule has 11 heteroatoms. The molecule has 2 aliphatic heterocycles. The van der Waals surface area contributed by atoms with Gasteiger partial charge in [-0.25, -0.2) is 13.3 Å². The van der Waals surface area contributed by atoms with E-state index in [1.807, 2.05) is 55.7 Å². The first-order valence-corrected chi connectivity index (χ1v) is 12.7. The van der Waals surface area contributed by atoms with E-state index in [4.69, 9.17) is 10.1 Å². The summed E-state index contributed by atoms with van der Waals surface area (Å²) in [6.07, 6.45) is 1.58. The number of carbonyl (C=O) groups is 1. The van der Waals surface area contributed by atoms with Gasteiger partial charge in [-0.15, -0.1) is 0 Å². The largest absolute Gasteiger partial charge is 0.494 e. The molecule has 0 radical (unpaired) electrons. The van der Waals surface area contributed by atoms with Crippen LogP contribution in [0.3, 0.4) is 0 Å². The van der Waals surface area contributed by atoms with Crippen molar-refractivity contribution in [3.63, 3.8) is 0 Å². The quantitative estimate of drug-likeness (QED) is 0.512. The molecule has 0 aliphatic carbocycles. The highest BCUT2D eigenvalue weighted by molar-refractivity contribution is 8.16. The number of aryl methyl sites for hydroxylation is 1. The standard InChI is InChI=1S/C22H23N5O4S2/c1-5-31-17-9-7-16(8-10-17)26-13(3)11-15(14(26)4)12-18-19(23)27-21(24-20(18)28)32-25-22(27)33(29,30)6-2/h7-12,23H,5-6H2,1-4H3/b18-12-,23-19?. The molecule has 1 aromatic heterocycles. The first-order valence-electron chi connectivity index (χ1n) is 10.3. The van der Waals surface area contributed by atoms with E-state index in [2.05, 4.69) is 9.39 Å². The van der Waals surface area contributed by atoms with E-state index in [1.54, 1.807) is 6.08 Å². The van der Waals surface area contributed by atoms with Crippen LogP contribution in [0.1, 0.15) is 30.8 Å². The minimum absolute atomic E-state index is 0.00666. The van der Waals surface area contributed by atoms with E-state index in [9.17, 15) is 13.2 Å². The molecule has 0 saturated carbocycles. The maximum absolute atomic E-state index is 12.7. The molecule has 0 spiro atoms. The van der Waals surface area contributed by atoms with Crippen molar-refractivity contribution in [3.05, 3.63) is 52.9 Å². The molecular formula is C22H23N5O4S2. The van der Waals surface area contributed by atoms with Crippen molar-refractivity contribution in [2.75, 3.05) is 12.4 Å². The van der Waals surface area contributed by atoms with Gasteiger partial charge < -0.3 is 9.30 Å². The first-order chi connectivity index (χ1) is 15.7. The summed E-state index contributed by atoms with van der Waals surface area (Å²) in [4.78, 5) is 17.8. The summed E-state index contributed by atoms with van der Waals surface area (Å²) in [5.74, 6) is -0.241. The molecule has 2 aliphatic rings. The summed E-state index contributed by atoms with van der Waals surface area (Å²) in [6, 6.07) is 9.60. The lowest BCUT2D eigenvalue weighted by Gasteiger charge is -2.24. The lowest BCUT2D eigenvalue weighted by Crippen LogP contribution is -2.45. The Morgan fingerprint density at radius 2 is 1.88 bits per heavy atom. The van der Waals surface area contributed by atoms with E-state index >= 15 is 0 Å². The number of amides is 1. The summed E-state index contributed by atoms with van der Waals surface area (Å²) in [6.45, 7) is 7.89. The molecule has 4 rings (SSSR count). The molecule has 0 saturated heterocycles. The fourth-order valence-electron chi connectivity index (χ4n) is 3.67. The van der Waals surface area contributed by atoms with Crippen molar-refractivity contribution < 1.29 is 17.9 Å². The van der Waals surface area contributed by atoms with Crippen LogP contribution in [0.2, 0.25) is 0 Å². The number of amidine groups is 3. The summed E-state index contributed by atoms with van der Waals surface area (Å²) in [5, 5.41) is 8.38. The average molecular weight is 486 g/mol. The second-order valence-electron chi connectivity index (χ2n) is 7.40. The third kappa shape index (κ3) is 4.02. The second-order valence-corrected chi connectivity index (χ2v) is 10.3. The Kier molecular flexibility index (Phi) is 6.02. The predicted molar refractivity (Wildman–Crippen MR) is 131 cm³/mol. The van der Waals surface area contributed by atoms with Crippen LogP contribution in [0.4, 0.5) is 0 Å². The molecule has 172 valence electrons. The van der Waals surface area contributed by atoms with Crippen molar-refractivity contribution in [2.24, 2.45) is 9.39 Å². The topological polar surface area (TPSA) is 117 Å². The molecule has 1 amide bonds. The van der Waals surface area contributed by atoms with E-state index < -0.39 is 15.7 Å². The van der Waals surface area contributed by atoms with Gasteiger partial charge in [0.1, 0.15) is 11.6 Å². The molecule has 0 atom stereocenters. The number of hydrogen-bond donors (Lipinski definition) is 1. The third-order valence-corrected chi connectivity index (χ3v) is 7.74. The Morgan fingerprint density at radius 1 is 1.18 bits per heavy atom. The Bertz CT molecular complexity index is 1350. The lowest BCUT2D eigenvalue weighted by atomic mass is 10.1. The van der Waals surface area contributed by atoms with Crippen LogP contribution < -0.4 is 4.74 Å². The van der Waals surface area contributed by atoms with Gasteiger partial charge in [-0.05, 0) is 62.7 Å². The van der Waals surface area contributed by atoms with Crippen molar-refractivity contribution >= 4 is 49.9 Å². The number of carbonyl (C=O) groups excluding carboxylic acids is 1. The van der Waals surface area contributed by atoms with Gasteiger partial charge >= 0.3 is 0 Å². The van der Waals surface area contributed by atoms with Crippen LogP contribution in [0, 0.1) is 19.3 Å². The smallest absolute Gasteiger partial charge is 0.283 e. The van der Waals surface area contributed by atoms with E-state index in [1.165, 1.54) is 6.92 Å². The van der Waals surface area contributed by atoms with Gasteiger partial charge in [0.25, 0.3) is 5.91 Å². The maximum atomic E-state index is 12.7. The van der Waals surface area contributed by atoms with Crippen molar-refractivity contribution in [2.45, 2.75) is 27.7 Å². The van der Waals surface area contributed by atoms with Gasteiger partial charge in [-0.3, -0.25) is 10.2 Å². The Balaban J connectivity index is 1.73. The van der Waals surface area contributed by atoms with Crippen molar-refractivity contribution in [3.8, 4) is 11.4 Å². The number of hydrogen-bond acceptors (Lipinski definition) is 7. The fraction of sp³-hybridized carbons (Fsp3) is 0.273. The number of nitrogens with zero attached hydrogens (tertiary/aromatic N) is 4. The summed E-state index contributed by atoms with van der Waals surface area (Å²) in [7, 11) is -3.69. The van der Waals surface area contributed by atoms with Gasteiger partial charge in [-0.2, -0.15) is 9.39 Å². The van der Waals surface area contributed by atoms with Crippen LogP contribution in [-0.2, 0) is 14.6 Å². The van der Waals surface area contributed by atoms with Crippen LogP contribution in [0.15, 0.2) is 45.3 Å². The highest BCUT2D eigenvalue weighted by Crippen LogP contribution is 2.31. The van der Waals surface area contributed by atoms with Crippen LogP contribution >= 0.6 is 11.9 Å². The molecule has 1 aromatic carbocycles. The molecule has 1 N–H and O–H groups in total. The average Bonchev–Trinajstić information content (AvgIpc) is 3.33. The minimum Gasteiger partial charge on any atom is -0.494 e. The summed E-state index contributed by atoms with van der Waals surface area (Å²) in [5.41, 5.74) is 3.48. The normalized spacial score (nSPS) is 17.3. The first kappa shape index (κ1) is 23.0. The fourth-order valence-corrected chi connectivity index (χ4v) is 5.64. The molecule has 0 fully saturated rings. The minimum atomic E-state index is -3.69. The molecule has 0 unspecified atom stereocenters. The lowest BCUT2D eigenvalue weighted by molar-refractivity contribution is -0.114. The zero-order valence-corrected chi connectivity index (χ0v) is 20.2. The van der Waals surface area contributed by atoms with Gasteiger partial charge in [0.05, 0.1) is 29.9 Å². The number of benzene rings is 1. The SMILES string of the molecule is CCOc1ccc(-n2c(C)cc(/C=C3/C(=N)N4C(=NC3=O)SN=C4S(=O)(=O)CC)c2C)cc1. The van der Waals surface area contributed by atoms with Crippen molar-refractivity contribution in [1.29, 1.82) is 5.41 Å². The predicted octanol–water partition coefficient (Wildman–Crippen LogP) is 3.50. The molecule has 9 nitrogen and oxygen atoms in total. The zero-order chi connectivity index (χ0) is 23.9. The van der Waals surface area contributed by atoms with E-state index in [0.717, 1.165) is 45.2 Å². The van der Waals surface area contributed by atoms with Gasteiger partial charge in [0.15, 0.2) is 0 Å². The van der Waals surface area contributed by atoms with Crippen molar-refractivity contribution in [1.82, 2.24) is 9.47 Å². The van der Waals surface area contributed by atoms with Gasteiger partial charge in [0.2, 0.25) is 20.2 Å². The zero-order valence-electron chi connectivity index (χ0n) is 18.6. The van der Waals surface area contributed by atoms with Crippen LogP contribution in [0.25, 0.3) is 11.8 Å². The van der Waals surface area contributed by atoms with Gasteiger partial charge in [0, 0.05) is 17.1 Å². The van der Waals surface area contributed by atoms with E-state index in [-0.39, 0.29) is 27.5 Å². The molecule has 33 heavy (non-hydrogen) atoms. The maximum Gasteiger partial charge on any atom is 0.283 e. The third-order valence-electron chi connectivity index (χ3n) is 5.33. The summed E-state index contributed by atoms with van der Waals surface area (Å²) >= 11 is 0.785. The molecule has 2 aromatic rings. The van der Waals surface area contributed by atoms with E-state index in [0.29, 0.717) is 6.61 Å². The number of aromatic nitrogens is 1. The highest BCUT2D eigenvalue weighted by atomic mass is 32.2. The Morgan fingerprint density at radius 3 is 2.52 bits per heavy atom. The number of ether oxygens (including phenoxy) is 1. The number of fused-ring (bicyclic) bond motifs is 1. The number of aliphatic imine (C=N–C) groups is 1. The van der Waals surface area contributed by atoms with Crippen LogP contribution in [0.5, 0.6) is 5.75 Å². The molecular weight excluding hydrogens is 462 g/mol. The monoisotopic (exact) mass is 485 g/mol. The Labute approximate surface area is 196 Å². The van der Waals surface area contributed by atoms with Crippen LogP contribution in [-0.4, -0.2) is 52.3 Å². The number of sulfone groups is 1. The highest BCUT2D eigenvalue weighted by Gasteiger charge is 2.42.